The SMILES string of the molecule is CC1CCC(C)C2CC(c3ccccc3)=C(NC3=C4B(c5ccc(C(C)C)cc5)c5c(sc6cc7c(cc56)C(C)(C)CCC7(C)C)N(C5=CCC(C(C)(C)C)C=C5)C4CC(C(C)(C)C)=C3)C=C12. The van der Waals surface area contributed by atoms with E-state index >= 15 is 0 Å². The van der Waals surface area contributed by atoms with E-state index in [1.54, 1.807) is 16.7 Å². The highest BCUT2D eigenvalue weighted by Crippen LogP contribution is 2.53. The van der Waals surface area contributed by atoms with Crippen LogP contribution in [0.5, 0.6) is 0 Å². The van der Waals surface area contributed by atoms with Crippen molar-refractivity contribution in [2.75, 3.05) is 4.90 Å². The monoisotopic (exact) mass is 907 g/mol. The van der Waals surface area contributed by atoms with E-state index in [9.17, 15) is 0 Å². The van der Waals surface area contributed by atoms with Crippen molar-refractivity contribution < 1.29 is 0 Å². The second kappa shape index (κ2) is 16.7. The largest absolute Gasteiger partial charge is 0.356 e. The van der Waals surface area contributed by atoms with Crippen molar-refractivity contribution >= 4 is 49.6 Å². The first-order valence-electron chi connectivity index (χ1n) is 26.2. The van der Waals surface area contributed by atoms with Crippen LogP contribution < -0.4 is 21.1 Å². The van der Waals surface area contributed by atoms with Crippen LogP contribution in [0.4, 0.5) is 5.00 Å². The van der Waals surface area contributed by atoms with E-state index in [0.29, 0.717) is 29.6 Å². The second-order valence-corrected chi connectivity index (χ2v) is 26.6. The molecule has 1 saturated carbocycles. The molecule has 10 rings (SSSR count). The average Bonchev–Trinajstić information content (AvgIpc) is 3.65. The van der Waals surface area contributed by atoms with E-state index in [1.165, 1.54) is 96.5 Å². The highest BCUT2D eigenvalue weighted by molar-refractivity contribution is 7.26. The predicted molar refractivity (Wildman–Crippen MR) is 293 cm³/mol. The van der Waals surface area contributed by atoms with E-state index in [0.717, 1.165) is 19.3 Å². The lowest BCUT2D eigenvalue weighted by Crippen LogP contribution is -2.59. The fraction of sp³-hybridized carbons (Fsp3) is 0.492. The van der Waals surface area contributed by atoms with Crippen molar-refractivity contribution in [3.05, 3.63) is 153 Å². The van der Waals surface area contributed by atoms with Crippen molar-refractivity contribution in [1.82, 2.24) is 5.32 Å². The quantitative estimate of drug-likeness (QED) is 0.194. The summed E-state index contributed by atoms with van der Waals surface area (Å²) in [6.45, 7) is 34.2. The Morgan fingerprint density at radius 2 is 1.49 bits per heavy atom. The first-order chi connectivity index (χ1) is 31.6. The van der Waals surface area contributed by atoms with Crippen molar-refractivity contribution in [2.45, 2.75) is 165 Å². The third kappa shape index (κ3) is 8.21. The van der Waals surface area contributed by atoms with E-state index in [1.807, 2.05) is 0 Å². The molecule has 1 fully saturated rings. The molecule has 5 unspecified atom stereocenters. The normalized spacial score (nSPS) is 25.9. The van der Waals surface area contributed by atoms with Crippen molar-refractivity contribution in [2.24, 2.45) is 34.5 Å². The van der Waals surface area contributed by atoms with Gasteiger partial charge in [0.25, 0.3) is 0 Å². The number of thiophene rings is 1. The minimum absolute atomic E-state index is 0.0105. The van der Waals surface area contributed by atoms with Gasteiger partial charge in [-0.05, 0) is 171 Å². The summed E-state index contributed by atoms with van der Waals surface area (Å²) in [6, 6.07) is 26.7. The zero-order valence-electron chi connectivity index (χ0n) is 43.6. The molecule has 5 atom stereocenters. The van der Waals surface area contributed by atoms with Gasteiger partial charge in [0.1, 0.15) is 0 Å². The Morgan fingerprint density at radius 1 is 0.806 bits per heavy atom. The number of hydrogen-bond acceptors (Lipinski definition) is 3. The third-order valence-corrected chi connectivity index (χ3v) is 18.9. The summed E-state index contributed by atoms with van der Waals surface area (Å²) in [5.74, 6) is 2.84. The number of benzene rings is 3. The topological polar surface area (TPSA) is 15.3 Å². The Hall–Kier alpha value is -4.28. The molecule has 4 heteroatoms. The number of fused-ring (bicyclic) bond motifs is 6. The summed E-state index contributed by atoms with van der Waals surface area (Å²) < 4.78 is 1.44. The summed E-state index contributed by atoms with van der Waals surface area (Å²) in [7, 11) is 0. The van der Waals surface area contributed by atoms with Gasteiger partial charge in [-0.25, -0.2) is 0 Å². The lowest BCUT2D eigenvalue weighted by molar-refractivity contribution is 0.285. The molecule has 0 saturated heterocycles. The molecule has 3 aromatic carbocycles. The van der Waals surface area contributed by atoms with Crippen LogP contribution in [-0.2, 0) is 10.8 Å². The number of allylic oxidation sites excluding steroid dienone is 7. The van der Waals surface area contributed by atoms with Crippen LogP contribution in [-0.4, -0.2) is 12.8 Å². The maximum Gasteiger partial charge on any atom is 0.246 e. The molecule has 4 aromatic rings. The van der Waals surface area contributed by atoms with Gasteiger partial charge < -0.3 is 10.2 Å². The lowest BCUT2D eigenvalue weighted by atomic mass is 9.32. The first-order valence-corrected chi connectivity index (χ1v) is 27.0. The molecule has 1 aliphatic heterocycles. The molecule has 1 aromatic heterocycles. The van der Waals surface area contributed by atoms with E-state index < -0.39 is 0 Å². The fourth-order valence-corrected chi connectivity index (χ4v) is 14.3. The van der Waals surface area contributed by atoms with Gasteiger partial charge in [0, 0.05) is 21.8 Å². The Bertz CT molecular complexity index is 2780. The van der Waals surface area contributed by atoms with Crippen LogP contribution in [0.25, 0.3) is 15.7 Å². The minimum Gasteiger partial charge on any atom is -0.356 e. The molecule has 67 heavy (non-hydrogen) atoms. The summed E-state index contributed by atoms with van der Waals surface area (Å²) in [5, 5.41) is 7.34. The second-order valence-electron chi connectivity index (χ2n) is 25.6. The maximum atomic E-state index is 4.45. The average molecular weight is 907 g/mol. The number of nitrogens with one attached hydrogen (secondary N) is 1. The fourth-order valence-electron chi connectivity index (χ4n) is 13.0. The number of nitrogens with zero attached hydrogens (tertiary/aromatic N) is 1. The molecular formula is C63H79BN2S. The zero-order valence-corrected chi connectivity index (χ0v) is 44.4. The van der Waals surface area contributed by atoms with Gasteiger partial charge in [0.15, 0.2) is 0 Å². The van der Waals surface area contributed by atoms with Gasteiger partial charge in [0.2, 0.25) is 6.71 Å². The lowest BCUT2D eigenvalue weighted by Gasteiger charge is -2.48. The molecule has 0 radical (unpaired) electrons. The Kier molecular flexibility index (Phi) is 11.6. The molecule has 0 spiro atoms. The van der Waals surface area contributed by atoms with E-state index in [-0.39, 0.29) is 34.4 Å². The van der Waals surface area contributed by atoms with E-state index in [2.05, 4.69) is 216 Å². The predicted octanol–water partition coefficient (Wildman–Crippen LogP) is 15.9. The number of hydrogen-bond donors (Lipinski definition) is 1. The van der Waals surface area contributed by atoms with Gasteiger partial charge in [-0.3, -0.25) is 0 Å². The zero-order chi connectivity index (χ0) is 47.5. The van der Waals surface area contributed by atoms with Crippen LogP contribution in [0.3, 0.4) is 0 Å². The third-order valence-electron chi connectivity index (χ3n) is 17.8. The number of rotatable bonds is 6. The minimum atomic E-state index is -0.0105. The molecule has 6 aliphatic rings. The maximum absolute atomic E-state index is 4.45. The van der Waals surface area contributed by atoms with Gasteiger partial charge in [0.05, 0.1) is 11.0 Å². The molecular weight excluding hydrogens is 828 g/mol. The van der Waals surface area contributed by atoms with Crippen molar-refractivity contribution in [3.63, 3.8) is 0 Å². The Morgan fingerprint density at radius 3 is 2.12 bits per heavy atom. The Balaban J connectivity index is 1.29. The van der Waals surface area contributed by atoms with Crippen LogP contribution >= 0.6 is 11.3 Å². The van der Waals surface area contributed by atoms with Crippen LogP contribution in [0.1, 0.15) is 170 Å². The summed E-state index contributed by atoms with van der Waals surface area (Å²) >= 11 is 2.07. The van der Waals surface area contributed by atoms with Gasteiger partial charge in [-0.2, -0.15) is 0 Å². The highest BCUT2D eigenvalue weighted by Gasteiger charge is 2.49. The smallest absolute Gasteiger partial charge is 0.246 e. The van der Waals surface area contributed by atoms with Gasteiger partial charge >= 0.3 is 0 Å². The summed E-state index contributed by atoms with van der Waals surface area (Å²) in [6.07, 6.45) is 21.1. The highest BCUT2D eigenvalue weighted by atomic mass is 32.1. The van der Waals surface area contributed by atoms with Gasteiger partial charge in [-0.15, -0.1) is 11.3 Å². The van der Waals surface area contributed by atoms with Crippen LogP contribution in [0, 0.1) is 34.5 Å². The standard InChI is InChI=1S/C63H79BN2S/c1-38(2)41-22-26-45(27-23-41)64-57-50-35-51-52(63(13,14)31-30-62(51,11)12)37-56(50)67-59(57)66(46-28-24-43(25-29-46)60(5,6)7)55-33-44(61(8,9)10)32-54(58(55)64)65-53-36-48-40(4)21-20-39(3)47(48)34-49(53)42-18-16-15-17-19-42/h15-19,22-24,26-29,32,35-40,43,47,55,65H,20-21,25,30-31,33-34H2,1-14H3. The summed E-state index contributed by atoms with van der Waals surface area (Å²) in [5.41, 5.74) is 19.3. The molecule has 2 heterocycles. The first kappa shape index (κ1) is 46.5. The number of anilines is 1. The Labute approximate surface area is 410 Å². The van der Waals surface area contributed by atoms with Gasteiger partial charge in [-0.1, -0.05) is 180 Å². The van der Waals surface area contributed by atoms with Crippen molar-refractivity contribution in [1.29, 1.82) is 0 Å². The van der Waals surface area contributed by atoms with E-state index in [4.69, 9.17) is 0 Å². The van der Waals surface area contributed by atoms with Crippen LogP contribution in [0.2, 0.25) is 0 Å². The molecule has 0 bridgehead atoms. The molecule has 1 N–H and O–H groups in total. The summed E-state index contributed by atoms with van der Waals surface area (Å²) in [4.78, 5) is 2.85. The van der Waals surface area contributed by atoms with Crippen molar-refractivity contribution in [3.8, 4) is 0 Å². The molecule has 350 valence electrons. The molecule has 2 nitrogen and oxygen atoms in total. The molecule has 0 amide bonds. The molecule has 5 aliphatic carbocycles. The van der Waals surface area contributed by atoms with Crippen LogP contribution in [0.15, 0.2) is 131 Å².